The molecule has 0 aliphatic rings. The number of hydrogen-bond acceptors (Lipinski definition) is 3. The van der Waals surface area contributed by atoms with E-state index >= 15 is 0 Å². The number of benzene rings is 2. The zero-order valence-corrected chi connectivity index (χ0v) is 16.2. The largest absolute Gasteiger partial charge is 0.437 e. The Bertz CT molecular complexity index is 1300. The molecule has 0 aliphatic heterocycles. The Morgan fingerprint density at radius 3 is 2.50 bits per heavy atom. The van der Waals surface area contributed by atoms with Crippen LogP contribution in [0.1, 0.15) is 31.0 Å². The van der Waals surface area contributed by atoms with Gasteiger partial charge < -0.3 is 4.42 Å². The maximum Gasteiger partial charge on any atom is 0.227 e. The highest BCUT2D eigenvalue weighted by molar-refractivity contribution is 6.08. The lowest BCUT2D eigenvalue weighted by atomic mass is 10.0. The molecule has 4 heteroatoms. The minimum absolute atomic E-state index is 0.357. The standard InChI is InChI=1S/C24H21N3O/c1-15(2)20-12-11-19-18-10-9-16(3)21(22(18)28-24(19)26-20)23-25-13-14-27(23)17-7-5-4-6-8-17/h4-15H,1-3H3. The monoisotopic (exact) mass is 367 g/mol. The van der Waals surface area contributed by atoms with Crippen molar-refractivity contribution in [2.24, 2.45) is 0 Å². The number of fused-ring (bicyclic) bond motifs is 3. The summed E-state index contributed by atoms with van der Waals surface area (Å²) in [6.45, 7) is 6.38. The SMILES string of the molecule is Cc1ccc2c(oc3nc(C(C)C)ccc32)c1-c1nccn1-c1ccccc1. The van der Waals surface area contributed by atoms with Gasteiger partial charge in [-0.15, -0.1) is 0 Å². The molecular formula is C24H21N3O. The molecule has 0 radical (unpaired) electrons. The smallest absolute Gasteiger partial charge is 0.227 e. The van der Waals surface area contributed by atoms with Gasteiger partial charge in [0.2, 0.25) is 5.71 Å². The maximum atomic E-state index is 6.31. The number of pyridine rings is 1. The molecule has 0 fully saturated rings. The van der Waals surface area contributed by atoms with Gasteiger partial charge in [-0.1, -0.05) is 44.2 Å². The van der Waals surface area contributed by atoms with Crippen molar-refractivity contribution in [3.05, 3.63) is 78.2 Å². The van der Waals surface area contributed by atoms with Gasteiger partial charge in [0.05, 0.1) is 5.56 Å². The number of rotatable bonds is 3. The molecule has 0 N–H and O–H groups in total. The molecule has 0 unspecified atom stereocenters. The van der Waals surface area contributed by atoms with Crippen LogP contribution >= 0.6 is 0 Å². The molecule has 4 nitrogen and oxygen atoms in total. The van der Waals surface area contributed by atoms with E-state index in [0.717, 1.165) is 44.7 Å². The van der Waals surface area contributed by atoms with Gasteiger partial charge in [-0.2, -0.15) is 0 Å². The zero-order valence-electron chi connectivity index (χ0n) is 16.2. The Hall–Kier alpha value is -3.40. The van der Waals surface area contributed by atoms with Crippen molar-refractivity contribution in [1.82, 2.24) is 14.5 Å². The maximum absolute atomic E-state index is 6.31. The molecule has 138 valence electrons. The summed E-state index contributed by atoms with van der Waals surface area (Å²) >= 11 is 0. The van der Waals surface area contributed by atoms with Crippen LogP contribution in [0, 0.1) is 6.92 Å². The summed E-state index contributed by atoms with van der Waals surface area (Å²) in [5, 5.41) is 2.11. The normalized spacial score (nSPS) is 11.7. The van der Waals surface area contributed by atoms with E-state index in [9.17, 15) is 0 Å². The van der Waals surface area contributed by atoms with E-state index in [1.807, 2.05) is 30.6 Å². The van der Waals surface area contributed by atoms with E-state index in [0.29, 0.717) is 11.6 Å². The molecule has 0 aliphatic carbocycles. The van der Waals surface area contributed by atoms with Gasteiger partial charge in [-0.3, -0.25) is 4.57 Å². The van der Waals surface area contributed by atoms with Crippen LogP contribution < -0.4 is 0 Å². The number of aryl methyl sites for hydroxylation is 1. The minimum atomic E-state index is 0.357. The predicted octanol–water partition coefficient (Wildman–Crippen LogP) is 6.27. The number of para-hydroxylation sites is 1. The van der Waals surface area contributed by atoms with E-state index < -0.39 is 0 Å². The zero-order chi connectivity index (χ0) is 19.3. The summed E-state index contributed by atoms with van der Waals surface area (Å²) in [6.07, 6.45) is 3.82. The fraction of sp³-hybridized carbons (Fsp3) is 0.167. The van der Waals surface area contributed by atoms with Crippen molar-refractivity contribution < 1.29 is 4.42 Å². The van der Waals surface area contributed by atoms with E-state index in [1.165, 1.54) is 0 Å². The number of nitrogens with zero attached hydrogens (tertiary/aromatic N) is 3. The predicted molar refractivity (Wildman–Crippen MR) is 113 cm³/mol. The summed E-state index contributed by atoms with van der Waals surface area (Å²) in [7, 11) is 0. The first-order valence-corrected chi connectivity index (χ1v) is 9.55. The Morgan fingerprint density at radius 2 is 1.71 bits per heavy atom. The van der Waals surface area contributed by atoms with Crippen LogP contribution in [0.5, 0.6) is 0 Å². The quantitative estimate of drug-likeness (QED) is 0.378. The lowest BCUT2D eigenvalue weighted by molar-refractivity contribution is 0.648. The lowest BCUT2D eigenvalue weighted by Crippen LogP contribution is -1.97. The van der Waals surface area contributed by atoms with Gasteiger partial charge in [0.1, 0.15) is 11.4 Å². The number of aromatic nitrogens is 3. The Morgan fingerprint density at radius 1 is 0.929 bits per heavy atom. The van der Waals surface area contributed by atoms with Crippen LogP contribution in [-0.4, -0.2) is 14.5 Å². The summed E-state index contributed by atoms with van der Waals surface area (Å²) in [5.74, 6) is 1.23. The van der Waals surface area contributed by atoms with E-state index in [-0.39, 0.29) is 0 Å². The lowest BCUT2D eigenvalue weighted by Gasteiger charge is -2.10. The van der Waals surface area contributed by atoms with Crippen molar-refractivity contribution in [1.29, 1.82) is 0 Å². The average molecular weight is 367 g/mol. The molecule has 0 amide bonds. The van der Waals surface area contributed by atoms with Crippen LogP contribution in [0.25, 0.3) is 39.1 Å². The number of furan rings is 1. The van der Waals surface area contributed by atoms with Gasteiger partial charge in [0.25, 0.3) is 0 Å². The first kappa shape index (κ1) is 16.8. The van der Waals surface area contributed by atoms with Crippen molar-refractivity contribution in [2.75, 3.05) is 0 Å². The summed E-state index contributed by atoms with van der Waals surface area (Å²) in [4.78, 5) is 9.42. The second-order valence-electron chi connectivity index (χ2n) is 7.44. The van der Waals surface area contributed by atoms with Gasteiger partial charge in [0.15, 0.2) is 0 Å². The highest BCUT2D eigenvalue weighted by atomic mass is 16.3. The third-order valence-electron chi connectivity index (χ3n) is 5.23. The summed E-state index contributed by atoms with van der Waals surface area (Å²) < 4.78 is 8.40. The number of imidazole rings is 1. The Labute approximate surface area is 163 Å². The topological polar surface area (TPSA) is 43.9 Å². The second-order valence-corrected chi connectivity index (χ2v) is 7.44. The third kappa shape index (κ3) is 2.53. The van der Waals surface area contributed by atoms with Gasteiger partial charge in [-0.25, -0.2) is 9.97 Å². The van der Waals surface area contributed by atoms with E-state index in [4.69, 9.17) is 9.40 Å². The first-order chi connectivity index (χ1) is 13.6. The van der Waals surface area contributed by atoms with Crippen LogP contribution in [0.15, 0.2) is 71.4 Å². The third-order valence-corrected chi connectivity index (χ3v) is 5.23. The average Bonchev–Trinajstić information content (AvgIpc) is 3.32. The Kier molecular flexibility index (Phi) is 3.79. The molecule has 0 atom stereocenters. The van der Waals surface area contributed by atoms with Gasteiger partial charge in [0, 0.05) is 34.5 Å². The first-order valence-electron chi connectivity index (χ1n) is 9.55. The van der Waals surface area contributed by atoms with E-state index in [1.54, 1.807) is 0 Å². The van der Waals surface area contributed by atoms with Crippen LogP contribution in [0.4, 0.5) is 0 Å². The molecule has 0 bridgehead atoms. The van der Waals surface area contributed by atoms with Crippen LogP contribution in [0.2, 0.25) is 0 Å². The second kappa shape index (κ2) is 6.34. The van der Waals surface area contributed by atoms with Crippen molar-refractivity contribution in [3.8, 4) is 17.1 Å². The molecule has 2 aromatic carbocycles. The highest BCUT2D eigenvalue weighted by Gasteiger charge is 2.19. The Balaban J connectivity index is 1.80. The van der Waals surface area contributed by atoms with Crippen molar-refractivity contribution >= 4 is 22.1 Å². The van der Waals surface area contributed by atoms with Crippen molar-refractivity contribution in [2.45, 2.75) is 26.7 Å². The minimum Gasteiger partial charge on any atom is -0.437 e. The molecule has 3 aromatic heterocycles. The molecule has 3 heterocycles. The molecule has 28 heavy (non-hydrogen) atoms. The molecule has 0 saturated heterocycles. The fourth-order valence-electron chi connectivity index (χ4n) is 3.72. The van der Waals surface area contributed by atoms with E-state index in [2.05, 4.69) is 66.7 Å². The summed E-state index contributed by atoms with van der Waals surface area (Å²) in [6, 6.07) is 18.7. The van der Waals surface area contributed by atoms with Crippen LogP contribution in [-0.2, 0) is 0 Å². The number of hydrogen-bond donors (Lipinski definition) is 0. The van der Waals surface area contributed by atoms with Gasteiger partial charge >= 0.3 is 0 Å². The fourth-order valence-corrected chi connectivity index (χ4v) is 3.72. The molecule has 5 aromatic rings. The van der Waals surface area contributed by atoms with Crippen LogP contribution in [0.3, 0.4) is 0 Å². The van der Waals surface area contributed by atoms with Crippen molar-refractivity contribution in [3.63, 3.8) is 0 Å². The molecule has 5 rings (SSSR count). The highest BCUT2D eigenvalue weighted by Crippen LogP contribution is 2.37. The molecule has 0 spiro atoms. The summed E-state index contributed by atoms with van der Waals surface area (Å²) in [5.41, 5.74) is 5.77. The van der Waals surface area contributed by atoms with Gasteiger partial charge in [-0.05, 0) is 42.7 Å². The molecular weight excluding hydrogens is 346 g/mol. The molecule has 0 saturated carbocycles.